The first-order chi connectivity index (χ1) is 13.7. The lowest BCUT2D eigenvalue weighted by atomic mass is 9.44. The maximum Gasteiger partial charge on any atom is 0.136 e. The number of ether oxygens (including phenoxy) is 1. The van der Waals surface area contributed by atoms with Crippen LogP contribution in [0, 0.1) is 52.3 Å². The SMILES string of the molecule is CC(C)CCC[C@@H](C)[C@H]1CC[C@H]2[C@@H]3CC(=O)C4C[C@@H]5O[C@@H]5C[C@]4(C)[C@H]3CC[C@]12C. The van der Waals surface area contributed by atoms with Crippen LogP contribution < -0.4 is 0 Å². The molecular weight excluding hydrogens is 356 g/mol. The second kappa shape index (κ2) is 7.07. The predicted molar refractivity (Wildman–Crippen MR) is 118 cm³/mol. The maximum absolute atomic E-state index is 13.3. The number of ketones is 1. The molecule has 2 heteroatoms. The van der Waals surface area contributed by atoms with E-state index in [4.69, 9.17) is 4.74 Å². The van der Waals surface area contributed by atoms with E-state index in [-0.39, 0.29) is 5.41 Å². The lowest BCUT2D eigenvalue weighted by molar-refractivity contribution is -0.152. The van der Waals surface area contributed by atoms with Crippen molar-refractivity contribution in [3.05, 3.63) is 0 Å². The molecule has 0 N–H and O–H groups in total. The summed E-state index contributed by atoms with van der Waals surface area (Å²) in [5, 5.41) is 0. The van der Waals surface area contributed by atoms with E-state index in [1.54, 1.807) is 0 Å². The van der Waals surface area contributed by atoms with E-state index in [1.165, 1.54) is 44.9 Å². The zero-order valence-corrected chi connectivity index (χ0v) is 19.6. The molecular formula is C27H44O2. The average Bonchev–Trinajstić information content (AvgIpc) is 3.29. The summed E-state index contributed by atoms with van der Waals surface area (Å²) in [4.78, 5) is 13.3. The molecule has 4 saturated carbocycles. The van der Waals surface area contributed by atoms with E-state index in [0.717, 1.165) is 48.9 Å². The summed E-state index contributed by atoms with van der Waals surface area (Å²) >= 11 is 0. The molecule has 0 aromatic rings. The molecule has 10 atom stereocenters. The molecule has 1 saturated heterocycles. The smallest absolute Gasteiger partial charge is 0.136 e. The van der Waals surface area contributed by atoms with Crippen molar-refractivity contribution in [1.82, 2.24) is 0 Å². The molecule has 5 fully saturated rings. The highest BCUT2D eigenvalue weighted by molar-refractivity contribution is 5.83. The Morgan fingerprint density at radius 1 is 1.00 bits per heavy atom. The Balaban J connectivity index is 1.33. The van der Waals surface area contributed by atoms with Crippen LogP contribution in [0.2, 0.25) is 0 Å². The third-order valence-electron chi connectivity index (χ3n) is 10.9. The number of Topliss-reactive ketones (excluding diaryl/α,β-unsaturated/α-hetero) is 1. The van der Waals surface area contributed by atoms with Gasteiger partial charge in [-0.2, -0.15) is 0 Å². The Morgan fingerprint density at radius 2 is 1.76 bits per heavy atom. The van der Waals surface area contributed by atoms with Crippen molar-refractivity contribution in [2.75, 3.05) is 0 Å². The van der Waals surface area contributed by atoms with Gasteiger partial charge in [0, 0.05) is 12.3 Å². The van der Waals surface area contributed by atoms with Crippen LogP contribution in [-0.4, -0.2) is 18.0 Å². The number of fused-ring (bicyclic) bond motifs is 6. The van der Waals surface area contributed by atoms with Crippen molar-refractivity contribution in [2.45, 2.75) is 111 Å². The molecule has 0 bridgehead atoms. The third-order valence-corrected chi connectivity index (χ3v) is 10.9. The standard InChI is InChI=1S/C27H44O2/c1-16(2)7-6-8-17(3)19-9-10-20-18-13-23(28)22-14-24-25(29-24)15-27(22,5)21(18)11-12-26(19,20)4/h16-22,24-25H,6-15H2,1-5H3/t17-,18+,19-,20+,21+,22?,24+,25-,26-,27-/m1/s1. The Labute approximate surface area is 178 Å². The minimum absolute atomic E-state index is 0.222. The molecule has 2 nitrogen and oxygen atoms in total. The van der Waals surface area contributed by atoms with Gasteiger partial charge in [0.05, 0.1) is 12.2 Å². The highest BCUT2D eigenvalue weighted by atomic mass is 16.6. The minimum Gasteiger partial charge on any atom is -0.370 e. The van der Waals surface area contributed by atoms with Gasteiger partial charge in [-0.05, 0) is 84.9 Å². The van der Waals surface area contributed by atoms with Crippen LogP contribution in [0.1, 0.15) is 98.8 Å². The van der Waals surface area contributed by atoms with Gasteiger partial charge in [-0.25, -0.2) is 0 Å². The largest absolute Gasteiger partial charge is 0.370 e. The summed E-state index contributed by atoms with van der Waals surface area (Å²) in [7, 11) is 0. The Bertz CT molecular complexity index is 655. The first-order valence-corrected chi connectivity index (χ1v) is 12.9. The summed E-state index contributed by atoms with van der Waals surface area (Å²) in [6.07, 6.45) is 13.7. The highest BCUT2D eigenvalue weighted by Crippen LogP contribution is 2.69. The van der Waals surface area contributed by atoms with Crippen molar-refractivity contribution < 1.29 is 9.53 Å². The monoisotopic (exact) mass is 400 g/mol. The van der Waals surface area contributed by atoms with Gasteiger partial charge in [0.15, 0.2) is 0 Å². The van der Waals surface area contributed by atoms with Crippen LogP contribution in [0.15, 0.2) is 0 Å². The van der Waals surface area contributed by atoms with E-state index in [9.17, 15) is 4.79 Å². The van der Waals surface area contributed by atoms with Gasteiger partial charge in [-0.1, -0.05) is 53.9 Å². The van der Waals surface area contributed by atoms with Crippen molar-refractivity contribution in [3.8, 4) is 0 Å². The van der Waals surface area contributed by atoms with Gasteiger partial charge >= 0.3 is 0 Å². The van der Waals surface area contributed by atoms with Crippen molar-refractivity contribution in [2.24, 2.45) is 52.3 Å². The van der Waals surface area contributed by atoms with Gasteiger partial charge in [0.1, 0.15) is 5.78 Å². The Morgan fingerprint density at radius 3 is 2.52 bits per heavy atom. The summed E-state index contributed by atoms with van der Waals surface area (Å²) in [5.74, 6) is 5.66. The second-order valence-corrected chi connectivity index (χ2v) is 12.8. The lowest BCUT2D eigenvalue weighted by Gasteiger charge is -2.59. The van der Waals surface area contributed by atoms with Gasteiger partial charge in [0.2, 0.25) is 0 Å². The van der Waals surface area contributed by atoms with Crippen molar-refractivity contribution in [3.63, 3.8) is 0 Å². The summed E-state index contributed by atoms with van der Waals surface area (Å²) in [6, 6.07) is 0. The lowest BCUT2D eigenvalue weighted by Crippen LogP contribution is -2.56. The minimum atomic E-state index is 0.222. The van der Waals surface area contributed by atoms with Crippen molar-refractivity contribution in [1.29, 1.82) is 0 Å². The zero-order valence-electron chi connectivity index (χ0n) is 19.6. The molecule has 0 spiro atoms. The van der Waals surface area contributed by atoms with Gasteiger partial charge in [0.25, 0.3) is 0 Å². The summed E-state index contributed by atoms with van der Waals surface area (Å²) < 4.78 is 5.92. The molecule has 0 amide bonds. The maximum atomic E-state index is 13.3. The predicted octanol–water partition coefficient (Wildman–Crippen LogP) is 6.66. The van der Waals surface area contributed by atoms with E-state index >= 15 is 0 Å². The molecule has 5 aliphatic rings. The van der Waals surface area contributed by atoms with Crippen molar-refractivity contribution >= 4 is 5.78 Å². The Kier molecular flexibility index (Phi) is 5.01. The van der Waals surface area contributed by atoms with E-state index in [2.05, 4.69) is 34.6 Å². The van der Waals surface area contributed by atoms with Crippen LogP contribution in [0.25, 0.3) is 0 Å². The number of epoxide rings is 1. The van der Waals surface area contributed by atoms with E-state index in [0.29, 0.717) is 35.2 Å². The second-order valence-electron chi connectivity index (χ2n) is 12.8. The Hall–Kier alpha value is -0.370. The topological polar surface area (TPSA) is 29.6 Å². The normalized spacial score (nSPS) is 51.8. The van der Waals surface area contributed by atoms with Gasteiger partial charge < -0.3 is 4.74 Å². The number of rotatable bonds is 5. The van der Waals surface area contributed by atoms with Gasteiger partial charge in [-0.15, -0.1) is 0 Å². The summed E-state index contributed by atoms with van der Waals surface area (Å²) in [6.45, 7) is 12.4. The first-order valence-electron chi connectivity index (χ1n) is 12.9. The summed E-state index contributed by atoms with van der Waals surface area (Å²) in [5.41, 5.74) is 0.704. The van der Waals surface area contributed by atoms with Crippen LogP contribution in [0.3, 0.4) is 0 Å². The van der Waals surface area contributed by atoms with E-state index < -0.39 is 0 Å². The number of hydrogen-bond acceptors (Lipinski definition) is 2. The van der Waals surface area contributed by atoms with Crippen LogP contribution >= 0.6 is 0 Å². The molecule has 0 aromatic heterocycles. The number of hydrogen-bond donors (Lipinski definition) is 0. The number of carbonyl (C=O) groups excluding carboxylic acids is 1. The van der Waals surface area contributed by atoms with Gasteiger partial charge in [-0.3, -0.25) is 4.79 Å². The van der Waals surface area contributed by atoms with E-state index in [1.807, 2.05) is 0 Å². The molecule has 5 rings (SSSR count). The third kappa shape index (κ3) is 3.17. The fraction of sp³-hybridized carbons (Fsp3) is 0.963. The van der Waals surface area contributed by atoms with Crippen LogP contribution in [-0.2, 0) is 9.53 Å². The molecule has 4 aliphatic carbocycles. The molecule has 0 aromatic carbocycles. The zero-order chi connectivity index (χ0) is 20.6. The highest BCUT2D eigenvalue weighted by Gasteiger charge is 2.65. The molecule has 29 heavy (non-hydrogen) atoms. The van der Waals surface area contributed by atoms with Crippen LogP contribution in [0.4, 0.5) is 0 Å². The molecule has 164 valence electrons. The number of carbonyl (C=O) groups is 1. The molecule has 1 aliphatic heterocycles. The molecule has 1 heterocycles. The molecule has 1 unspecified atom stereocenters. The quantitative estimate of drug-likeness (QED) is 0.483. The fourth-order valence-corrected chi connectivity index (χ4v) is 9.34. The van der Waals surface area contributed by atoms with Crippen LogP contribution in [0.5, 0.6) is 0 Å². The average molecular weight is 401 g/mol. The fourth-order valence-electron chi connectivity index (χ4n) is 9.34. The molecule has 0 radical (unpaired) electrons. The first kappa shape index (κ1) is 20.5.